The summed E-state index contributed by atoms with van der Waals surface area (Å²) in [4.78, 5) is 15.7. The van der Waals surface area contributed by atoms with Crippen LogP contribution in [0.4, 0.5) is 0 Å². The van der Waals surface area contributed by atoms with E-state index >= 15 is 0 Å². The number of aromatic nitrogens is 3. The number of hydrogen-bond acceptors (Lipinski definition) is 5. The molecule has 12 aromatic rings. The molecular formula is C53H31N3O2. The average molecular weight is 742 g/mol. The molecule has 12 rings (SSSR count). The lowest BCUT2D eigenvalue weighted by atomic mass is 9.93. The van der Waals surface area contributed by atoms with Gasteiger partial charge in [-0.3, -0.25) is 0 Å². The van der Waals surface area contributed by atoms with Crippen LogP contribution in [-0.4, -0.2) is 15.0 Å². The average Bonchev–Trinajstić information content (AvgIpc) is 3.88. The number of nitrogens with zero attached hydrogens (tertiary/aromatic N) is 3. The first-order chi connectivity index (χ1) is 28.7. The molecule has 3 aromatic heterocycles. The topological polar surface area (TPSA) is 65.0 Å². The van der Waals surface area contributed by atoms with Gasteiger partial charge in [0, 0.05) is 38.2 Å². The molecule has 0 unspecified atom stereocenters. The summed E-state index contributed by atoms with van der Waals surface area (Å²) in [5, 5.41) is 8.75. The van der Waals surface area contributed by atoms with Gasteiger partial charge in [0.2, 0.25) is 0 Å². The summed E-state index contributed by atoms with van der Waals surface area (Å²) in [5.41, 5.74) is 10.7. The number of benzene rings is 9. The molecule has 0 bridgehead atoms. The van der Waals surface area contributed by atoms with Crippen molar-refractivity contribution in [2.45, 2.75) is 0 Å². The van der Waals surface area contributed by atoms with E-state index in [0.29, 0.717) is 17.5 Å². The Morgan fingerprint density at radius 1 is 0.276 bits per heavy atom. The molecule has 0 atom stereocenters. The van der Waals surface area contributed by atoms with E-state index in [9.17, 15) is 0 Å². The fourth-order valence-corrected chi connectivity index (χ4v) is 8.62. The second-order valence-corrected chi connectivity index (χ2v) is 14.7. The molecular weight excluding hydrogens is 711 g/mol. The van der Waals surface area contributed by atoms with E-state index in [1.807, 2.05) is 36.4 Å². The lowest BCUT2D eigenvalue weighted by Gasteiger charge is -2.13. The molecule has 0 aliphatic carbocycles. The molecule has 0 N–H and O–H groups in total. The zero-order chi connectivity index (χ0) is 38.2. The molecule has 0 amide bonds. The molecule has 0 aliphatic heterocycles. The standard InChI is InChI=1S/C53H31N3O2/c1-2-11-32(12-3-1)33-23-26-35(27-24-33)51-54-52(36-28-25-34-29-30-48-50(44(34)31-36)43-14-5-7-21-46(43)58-48)56-53(55-51)41-19-9-15-37-38(16-8-17-39(37)41)40-18-10-22-47-49(40)42-13-4-6-20-45(42)57-47/h1-31H. The summed E-state index contributed by atoms with van der Waals surface area (Å²) in [6, 6.07) is 65.1. The first kappa shape index (κ1) is 32.4. The number of fused-ring (bicyclic) bond motifs is 9. The zero-order valence-corrected chi connectivity index (χ0v) is 31.1. The summed E-state index contributed by atoms with van der Waals surface area (Å²) < 4.78 is 12.6. The van der Waals surface area contributed by atoms with E-state index in [0.717, 1.165) is 104 Å². The first-order valence-electron chi connectivity index (χ1n) is 19.4. The second kappa shape index (κ2) is 12.8. The van der Waals surface area contributed by atoms with Crippen LogP contribution in [0.1, 0.15) is 0 Å². The van der Waals surface area contributed by atoms with Crippen LogP contribution in [0.15, 0.2) is 197 Å². The number of hydrogen-bond donors (Lipinski definition) is 0. The van der Waals surface area contributed by atoms with Gasteiger partial charge in [0.15, 0.2) is 17.5 Å². The number of furan rings is 2. The molecule has 5 heteroatoms. The van der Waals surface area contributed by atoms with Crippen LogP contribution in [0.5, 0.6) is 0 Å². The largest absolute Gasteiger partial charge is 0.456 e. The van der Waals surface area contributed by atoms with Crippen molar-refractivity contribution in [2.75, 3.05) is 0 Å². The normalized spacial score (nSPS) is 11.8. The predicted octanol–water partition coefficient (Wildman–Crippen LogP) is 14.3. The summed E-state index contributed by atoms with van der Waals surface area (Å²) in [6.45, 7) is 0. The van der Waals surface area contributed by atoms with Crippen molar-refractivity contribution in [3.63, 3.8) is 0 Å². The van der Waals surface area contributed by atoms with Gasteiger partial charge in [-0.25, -0.2) is 15.0 Å². The lowest BCUT2D eigenvalue weighted by Crippen LogP contribution is -2.01. The second-order valence-electron chi connectivity index (χ2n) is 14.7. The van der Waals surface area contributed by atoms with Gasteiger partial charge in [-0.05, 0) is 74.1 Å². The van der Waals surface area contributed by atoms with Gasteiger partial charge in [0.1, 0.15) is 22.3 Å². The predicted molar refractivity (Wildman–Crippen MR) is 237 cm³/mol. The highest BCUT2D eigenvalue weighted by Crippen LogP contribution is 2.42. The highest BCUT2D eigenvalue weighted by Gasteiger charge is 2.19. The van der Waals surface area contributed by atoms with Crippen LogP contribution >= 0.6 is 0 Å². The lowest BCUT2D eigenvalue weighted by molar-refractivity contribution is 0.668. The van der Waals surface area contributed by atoms with Crippen LogP contribution in [-0.2, 0) is 0 Å². The molecule has 0 saturated heterocycles. The Morgan fingerprint density at radius 3 is 1.55 bits per heavy atom. The fourth-order valence-electron chi connectivity index (χ4n) is 8.62. The maximum absolute atomic E-state index is 6.30. The smallest absolute Gasteiger partial charge is 0.164 e. The fraction of sp³-hybridized carbons (Fsp3) is 0. The Morgan fingerprint density at radius 2 is 0.776 bits per heavy atom. The molecule has 0 spiro atoms. The van der Waals surface area contributed by atoms with Gasteiger partial charge in [-0.1, -0.05) is 158 Å². The Hall–Kier alpha value is -7.89. The molecule has 58 heavy (non-hydrogen) atoms. The molecule has 0 aliphatic rings. The van der Waals surface area contributed by atoms with Crippen molar-refractivity contribution in [2.24, 2.45) is 0 Å². The van der Waals surface area contributed by atoms with E-state index < -0.39 is 0 Å². The Balaban J connectivity index is 1.07. The van der Waals surface area contributed by atoms with E-state index in [1.54, 1.807) is 0 Å². The minimum atomic E-state index is 0.599. The van der Waals surface area contributed by atoms with Crippen LogP contribution in [0.2, 0.25) is 0 Å². The summed E-state index contributed by atoms with van der Waals surface area (Å²) in [6.07, 6.45) is 0. The van der Waals surface area contributed by atoms with Crippen molar-refractivity contribution in [1.29, 1.82) is 0 Å². The highest BCUT2D eigenvalue weighted by atomic mass is 16.3. The zero-order valence-electron chi connectivity index (χ0n) is 31.1. The Labute approximate surface area is 332 Å². The summed E-state index contributed by atoms with van der Waals surface area (Å²) in [5.74, 6) is 1.81. The van der Waals surface area contributed by atoms with E-state index in [4.69, 9.17) is 23.8 Å². The Bertz CT molecular complexity index is 3570. The molecule has 9 aromatic carbocycles. The third kappa shape index (κ3) is 5.14. The van der Waals surface area contributed by atoms with Crippen LogP contribution in [0, 0.1) is 0 Å². The third-order valence-corrected chi connectivity index (χ3v) is 11.4. The quantitative estimate of drug-likeness (QED) is 0.176. The van der Waals surface area contributed by atoms with Gasteiger partial charge in [0.25, 0.3) is 0 Å². The van der Waals surface area contributed by atoms with E-state index in [1.165, 1.54) is 0 Å². The van der Waals surface area contributed by atoms with Gasteiger partial charge >= 0.3 is 0 Å². The van der Waals surface area contributed by atoms with Crippen LogP contribution in [0.25, 0.3) is 122 Å². The minimum absolute atomic E-state index is 0.599. The maximum atomic E-state index is 6.30. The maximum Gasteiger partial charge on any atom is 0.164 e. The number of rotatable bonds is 5. The van der Waals surface area contributed by atoms with Gasteiger partial charge in [-0.15, -0.1) is 0 Å². The summed E-state index contributed by atoms with van der Waals surface area (Å²) in [7, 11) is 0. The van der Waals surface area contributed by atoms with Crippen molar-refractivity contribution >= 4 is 65.4 Å². The molecule has 270 valence electrons. The summed E-state index contributed by atoms with van der Waals surface area (Å²) >= 11 is 0. The highest BCUT2D eigenvalue weighted by molar-refractivity contribution is 6.19. The minimum Gasteiger partial charge on any atom is -0.456 e. The van der Waals surface area contributed by atoms with Crippen molar-refractivity contribution < 1.29 is 8.83 Å². The van der Waals surface area contributed by atoms with E-state index in [2.05, 4.69) is 152 Å². The monoisotopic (exact) mass is 741 g/mol. The van der Waals surface area contributed by atoms with Gasteiger partial charge in [0.05, 0.1) is 0 Å². The SMILES string of the molecule is c1ccc(-c2ccc(-c3nc(-c4ccc5ccc6oc7ccccc7c6c5c4)nc(-c4cccc5c(-c6cccc7oc8ccccc8c67)cccc45)n3)cc2)cc1. The Kier molecular flexibility index (Phi) is 7.16. The van der Waals surface area contributed by atoms with Crippen molar-refractivity contribution in [3.8, 4) is 56.4 Å². The van der Waals surface area contributed by atoms with Gasteiger partial charge < -0.3 is 8.83 Å². The van der Waals surface area contributed by atoms with Crippen LogP contribution in [0.3, 0.4) is 0 Å². The molecule has 0 radical (unpaired) electrons. The molecule has 3 heterocycles. The molecule has 5 nitrogen and oxygen atoms in total. The van der Waals surface area contributed by atoms with E-state index in [-0.39, 0.29) is 0 Å². The first-order valence-corrected chi connectivity index (χ1v) is 19.4. The number of para-hydroxylation sites is 2. The molecule has 0 fully saturated rings. The van der Waals surface area contributed by atoms with Gasteiger partial charge in [-0.2, -0.15) is 0 Å². The van der Waals surface area contributed by atoms with Crippen molar-refractivity contribution in [3.05, 3.63) is 188 Å². The van der Waals surface area contributed by atoms with Crippen molar-refractivity contribution in [1.82, 2.24) is 15.0 Å². The van der Waals surface area contributed by atoms with Crippen LogP contribution < -0.4 is 0 Å². The molecule has 0 saturated carbocycles. The third-order valence-electron chi connectivity index (χ3n) is 11.4.